The molecule has 1 amide bonds. The largest absolute Gasteiger partial charge is 0.497 e. The van der Waals surface area contributed by atoms with E-state index in [1.807, 2.05) is 0 Å². The van der Waals surface area contributed by atoms with Gasteiger partial charge in [0.2, 0.25) is 0 Å². The summed E-state index contributed by atoms with van der Waals surface area (Å²) in [5.41, 5.74) is 3.40. The second kappa shape index (κ2) is 14.1. The van der Waals surface area contributed by atoms with Gasteiger partial charge < -0.3 is 23.7 Å². The van der Waals surface area contributed by atoms with Crippen LogP contribution in [0.25, 0.3) is 0 Å². The second-order valence-corrected chi connectivity index (χ2v) is 7.78. The molecule has 0 heterocycles. The molecule has 3 aromatic rings. The molecule has 3 aromatic carbocycles. The topological polar surface area (TPSA) is 105 Å². The van der Waals surface area contributed by atoms with Gasteiger partial charge in [-0.1, -0.05) is 13.3 Å². The minimum atomic E-state index is -0.534. The number of amides is 1. The van der Waals surface area contributed by atoms with Crippen LogP contribution >= 0.6 is 0 Å². The summed E-state index contributed by atoms with van der Waals surface area (Å²) in [4.78, 5) is 24.5. The van der Waals surface area contributed by atoms with Crippen LogP contribution in [0, 0.1) is 0 Å². The first-order chi connectivity index (χ1) is 18.0. The van der Waals surface area contributed by atoms with Crippen LogP contribution in [0.5, 0.6) is 28.7 Å². The van der Waals surface area contributed by atoms with Crippen LogP contribution in [0.3, 0.4) is 0 Å². The normalized spacial score (nSPS) is 10.6. The van der Waals surface area contributed by atoms with Crippen LogP contribution in [0.1, 0.15) is 35.7 Å². The Morgan fingerprint density at radius 3 is 2.16 bits per heavy atom. The molecule has 0 spiro atoms. The minimum absolute atomic E-state index is 0.197. The first-order valence-electron chi connectivity index (χ1n) is 11.7. The van der Waals surface area contributed by atoms with E-state index in [0.717, 1.165) is 18.6 Å². The van der Waals surface area contributed by atoms with Crippen molar-refractivity contribution in [2.75, 3.05) is 27.4 Å². The van der Waals surface area contributed by atoms with Crippen molar-refractivity contribution in [1.29, 1.82) is 0 Å². The van der Waals surface area contributed by atoms with E-state index in [0.29, 0.717) is 35.0 Å². The van der Waals surface area contributed by atoms with Gasteiger partial charge in [-0.3, -0.25) is 4.79 Å². The number of methoxy groups -OCH3 is 2. The Bertz CT molecular complexity index is 1190. The van der Waals surface area contributed by atoms with E-state index in [2.05, 4.69) is 17.5 Å². The van der Waals surface area contributed by atoms with E-state index < -0.39 is 11.9 Å². The molecule has 0 saturated heterocycles. The number of carbonyl (C=O) groups excluding carboxylic acids is 2. The van der Waals surface area contributed by atoms with Crippen LogP contribution < -0.4 is 29.1 Å². The number of unbranched alkanes of at least 4 members (excludes halogenated alkanes) is 1. The van der Waals surface area contributed by atoms with Crippen LogP contribution in [0.15, 0.2) is 71.8 Å². The average molecular weight is 507 g/mol. The molecule has 0 aliphatic rings. The van der Waals surface area contributed by atoms with Crippen LogP contribution in [-0.2, 0) is 4.79 Å². The van der Waals surface area contributed by atoms with E-state index >= 15 is 0 Å². The molecule has 9 nitrogen and oxygen atoms in total. The summed E-state index contributed by atoms with van der Waals surface area (Å²) < 4.78 is 27.0. The van der Waals surface area contributed by atoms with Crippen LogP contribution in [0.4, 0.5) is 0 Å². The fourth-order valence-corrected chi connectivity index (χ4v) is 3.06. The van der Waals surface area contributed by atoms with Crippen molar-refractivity contribution in [3.05, 3.63) is 77.9 Å². The van der Waals surface area contributed by atoms with Gasteiger partial charge in [0.15, 0.2) is 18.1 Å². The SMILES string of the molecule is CCCCOc1ccc(OCC(=O)N/N=C/c2ccc(OC(=O)c3ccc(OC)cc3)c(OC)c2)cc1. The lowest BCUT2D eigenvalue weighted by molar-refractivity contribution is -0.123. The van der Waals surface area contributed by atoms with Crippen molar-refractivity contribution < 1.29 is 33.3 Å². The highest BCUT2D eigenvalue weighted by Gasteiger charge is 2.13. The first-order valence-corrected chi connectivity index (χ1v) is 11.7. The number of hydrazone groups is 1. The van der Waals surface area contributed by atoms with Crippen molar-refractivity contribution in [1.82, 2.24) is 5.43 Å². The fourth-order valence-electron chi connectivity index (χ4n) is 3.06. The number of esters is 1. The average Bonchev–Trinajstić information content (AvgIpc) is 2.93. The van der Waals surface area contributed by atoms with Gasteiger partial charge in [0.1, 0.15) is 17.2 Å². The summed E-state index contributed by atoms with van der Waals surface area (Å²) >= 11 is 0. The zero-order valence-corrected chi connectivity index (χ0v) is 21.1. The zero-order chi connectivity index (χ0) is 26.5. The van der Waals surface area contributed by atoms with Crippen molar-refractivity contribution >= 4 is 18.1 Å². The lowest BCUT2D eigenvalue weighted by Gasteiger charge is -2.10. The minimum Gasteiger partial charge on any atom is -0.497 e. The smallest absolute Gasteiger partial charge is 0.343 e. The maximum Gasteiger partial charge on any atom is 0.343 e. The maximum atomic E-state index is 12.4. The molecule has 37 heavy (non-hydrogen) atoms. The summed E-state index contributed by atoms with van der Waals surface area (Å²) in [7, 11) is 3.01. The highest BCUT2D eigenvalue weighted by Crippen LogP contribution is 2.28. The van der Waals surface area contributed by atoms with E-state index in [-0.39, 0.29) is 12.4 Å². The van der Waals surface area contributed by atoms with Gasteiger partial charge in [-0.05, 0) is 78.7 Å². The molecule has 0 radical (unpaired) electrons. The molecule has 9 heteroatoms. The monoisotopic (exact) mass is 506 g/mol. The highest BCUT2D eigenvalue weighted by atomic mass is 16.6. The summed E-state index contributed by atoms with van der Waals surface area (Å²) in [6, 6.07) is 18.5. The number of hydrogen-bond acceptors (Lipinski definition) is 8. The van der Waals surface area contributed by atoms with Crippen molar-refractivity contribution in [3.63, 3.8) is 0 Å². The lowest BCUT2D eigenvalue weighted by atomic mass is 10.2. The van der Waals surface area contributed by atoms with Gasteiger partial charge in [-0.25, -0.2) is 10.2 Å². The third-order valence-corrected chi connectivity index (χ3v) is 5.08. The highest BCUT2D eigenvalue weighted by molar-refractivity contribution is 5.92. The molecule has 0 fully saturated rings. The molecule has 0 saturated carbocycles. The van der Waals surface area contributed by atoms with Crippen LogP contribution in [0.2, 0.25) is 0 Å². The number of nitrogens with zero attached hydrogens (tertiary/aromatic N) is 1. The van der Waals surface area contributed by atoms with Gasteiger partial charge in [0.25, 0.3) is 5.91 Å². The van der Waals surface area contributed by atoms with E-state index in [1.54, 1.807) is 73.8 Å². The molecular formula is C28H30N2O7. The van der Waals surface area contributed by atoms with Crippen LogP contribution in [-0.4, -0.2) is 45.5 Å². The van der Waals surface area contributed by atoms with E-state index in [4.69, 9.17) is 23.7 Å². The summed E-state index contributed by atoms with van der Waals surface area (Å²) in [5.74, 6) is 1.57. The molecule has 194 valence electrons. The molecular weight excluding hydrogens is 476 g/mol. The predicted molar refractivity (Wildman–Crippen MR) is 139 cm³/mol. The Balaban J connectivity index is 1.48. The predicted octanol–water partition coefficient (Wildman–Crippen LogP) is 4.63. The molecule has 1 N–H and O–H groups in total. The Kier molecular flexibility index (Phi) is 10.3. The Labute approximate surface area is 216 Å². The Morgan fingerprint density at radius 1 is 0.838 bits per heavy atom. The molecule has 3 rings (SSSR count). The molecule has 0 atom stereocenters. The molecule has 0 bridgehead atoms. The lowest BCUT2D eigenvalue weighted by Crippen LogP contribution is -2.24. The van der Waals surface area contributed by atoms with Gasteiger partial charge in [-0.2, -0.15) is 5.10 Å². The number of carbonyl (C=O) groups is 2. The van der Waals surface area contributed by atoms with Gasteiger partial charge in [0, 0.05) is 0 Å². The maximum absolute atomic E-state index is 12.4. The standard InChI is InChI=1S/C28H30N2O7/c1-4-5-16-35-23-11-13-24(14-12-23)36-19-27(31)30-29-18-20-6-15-25(26(17-20)34-3)37-28(32)21-7-9-22(33-2)10-8-21/h6-15,17-18H,4-5,16,19H2,1-3H3,(H,30,31)/b29-18+. The third-order valence-electron chi connectivity index (χ3n) is 5.08. The number of ether oxygens (including phenoxy) is 5. The van der Waals surface area contributed by atoms with Gasteiger partial charge in [-0.15, -0.1) is 0 Å². The zero-order valence-electron chi connectivity index (χ0n) is 21.1. The Hall–Kier alpha value is -4.53. The number of hydrogen-bond donors (Lipinski definition) is 1. The number of rotatable bonds is 13. The molecule has 0 aromatic heterocycles. The second-order valence-electron chi connectivity index (χ2n) is 7.78. The summed E-state index contributed by atoms with van der Waals surface area (Å²) in [5, 5.41) is 3.94. The first kappa shape index (κ1) is 27.1. The summed E-state index contributed by atoms with van der Waals surface area (Å²) in [6.07, 6.45) is 3.50. The van der Waals surface area contributed by atoms with Gasteiger partial charge in [0.05, 0.1) is 32.6 Å². The van der Waals surface area contributed by atoms with Crippen molar-refractivity contribution in [2.45, 2.75) is 19.8 Å². The third kappa shape index (κ3) is 8.57. The van der Waals surface area contributed by atoms with E-state index in [1.165, 1.54) is 13.3 Å². The number of benzene rings is 3. The molecule has 0 unspecified atom stereocenters. The molecule has 0 aliphatic carbocycles. The number of nitrogens with one attached hydrogen (secondary N) is 1. The van der Waals surface area contributed by atoms with Crippen molar-refractivity contribution in [2.24, 2.45) is 5.10 Å². The summed E-state index contributed by atoms with van der Waals surface area (Å²) in [6.45, 7) is 2.57. The molecule has 0 aliphatic heterocycles. The van der Waals surface area contributed by atoms with Crippen molar-refractivity contribution in [3.8, 4) is 28.7 Å². The van der Waals surface area contributed by atoms with E-state index in [9.17, 15) is 9.59 Å². The fraction of sp³-hybridized carbons (Fsp3) is 0.250. The quantitative estimate of drug-likeness (QED) is 0.118. The Morgan fingerprint density at radius 2 is 1.51 bits per heavy atom. The van der Waals surface area contributed by atoms with Gasteiger partial charge >= 0.3 is 5.97 Å².